The third-order valence-corrected chi connectivity index (χ3v) is 8.33. The van der Waals surface area contributed by atoms with Crippen LogP contribution >= 0.6 is 0 Å². The normalized spacial score (nSPS) is 24.0. The maximum Gasteiger partial charge on any atom is 0.258 e. The molecular formula is C29H30N4O4. The first-order valence-electron chi connectivity index (χ1n) is 12.9. The van der Waals surface area contributed by atoms with Gasteiger partial charge < -0.3 is 19.9 Å². The number of nitrogens with zero attached hydrogens (tertiary/aromatic N) is 3. The van der Waals surface area contributed by atoms with Gasteiger partial charge in [-0.05, 0) is 53.8 Å². The summed E-state index contributed by atoms with van der Waals surface area (Å²) in [6.07, 6.45) is 5.10. The van der Waals surface area contributed by atoms with Crippen LogP contribution < -0.4 is 10.9 Å². The van der Waals surface area contributed by atoms with Crippen molar-refractivity contribution in [3.63, 3.8) is 0 Å². The van der Waals surface area contributed by atoms with E-state index < -0.39 is 23.9 Å². The Morgan fingerprint density at radius 1 is 1.05 bits per heavy atom. The lowest BCUT2D eigenvalue weighted by Crippen LogP contribution is -2.49. The zero-order valence-corrected chi connectivity index (χ0v) is 20.7. The van der Waals surface area contributed by atoms with Crippen molar-refractivity contribution in [3.8, 4) is 11.1 Å². The van der Waals surface area contributed by atoms with E-state index >= 15 is 0 Å². The van der Waals surface area contributed by atoms with E-state index in [2.05, 4.69) is 22.4 Å². The van der Waals surface area contributed by atoms with E-state index in [1.807, 2.05) is 18.2 Å². The Kier molecular flexibility index (Phi) is 5.91. The number of carbonyl (C=O) groups is 2. The number of benzene rings is 1. The molecule has 4 atom stereocenters. The number of rotatable bonds is 5. The molecule has 0 spiro atoms. The molecule has 1 saturated heterocycles. The highest BCUT2D eigenvalue weighted by Gasteiger charge is 2.57. The lowest BCUT2D eigenvalue weighted by molar-refractivity contribution is -0.136. The number of aliphatic hydroxyl groups is 1. The van der Waals surface area contributed by atoms with Crippen molar-refractivity contribution in [2.45, 2.75) is 50.9 Å². The largest absolute Gasteiger partial charge is 0.396 e. The second kappa shape index (κ2) is 9.27. The van der Waals surface area contributed by atoms with Crippen molar-refractivity contribution in [1.29, 1.82) is 0 Å². The van der Waals surface area contributed by atoms with E-state index in [1.165, 1.54) is 11.1 Å². The Morgan fingerprint density at radius 3 is 2.41 bits per heavy atom. The standard InChI is InChI=1S/C29H30N4O4/c1-2-25(35)33-24-15-32-23(8-7-21(29(32)37)17-9-11-30-12-10-17)27(33)26(22(24)16-34)28(36)31-20-13-18-5-3-4-6-19(18)14-20/h3-12,20,22,24,26-27,34H,2,13-16H2,1H3,(H,31,36)/t22-,24-,26+,27+/m1/s1. The minimum atomic E-state index is -0.644. The average molecular weight is 499 g/mol. The predicted octanol–water partition coefficient (Wildman–Crippen LogP) is 2.09. The van der Waals surface area contributed by atoms with Crippen LogP contribution in [0.1, 0.15) is 36.2 Å². The van der Waals surface area contributed by atoms with Gasteiger partial charge in [0, 0.05) is 55.2 Å². The SMILES string of the molecule is CCC(=O)N1[C@@H]2Cn3c(ccc(-c4ccncc4)c3=O)[C@H]1[C@@H](C(=O)NC1Cc3ccccc3C1)[C@@H]2CO. The Bertz CT molecular complexity index is 1390. The fourth-order valence-electron chi connectivity index (χ4n) is 6.64. The van der Waals surface area contributed by atoms with Gasteiger partial charge in [0.1, 0.15) is 0 Å². The van der Waals surface area contributed by atoms with Crippen LogP contribution in [0.25, 0.3) is 11.1 Å². The number of amides is 2. The minimum Gasteiger partial charge on any atom is -0.396 e. The lowest BCUT2D eigenvalue weighted by atomic mass is 9.86. The molecule has 2 amide bonds. The fourth-order valence-corrected chi connectivity index (χ4v) is 6.64. The molecule has 6 rings (SSSR count). The molecule has 2 aromatic heterocycles. The molecule has 3 aromatic rings. The summed E-state index contributed by atoms with van der Waals surface area (Å²) in [6.45, 7) is 1.81. The number of carbonyl (C=O) groups excluding carboxylic acids is 2. The Morgan fingerprint density at radius 2 is 1.76 bits per heavy atom. The summed E-state index contributed by atoms with van der Waals surface area (Å²) in [5.74, 6) is -1.35. The molecule has 1 fully saturated rings. The highest BCUT2D eigenvalue weighted by atomic mass is 16.3. The smallest absolute Gasteiger partial charge is 0.258 e. The Labute approximate surface area is 215 Å². The minimum absolute atomic E-state index is 0.0312. The van der Waals surface area contributed by atoms with Crippen molar-refractivity contribution < 1.29 is 14.7 Å². The quantitative estimate of drug-likeness (QED) is 0.561. The summed E-state index contributed by atoms with van der Waals surface area (Å²) in [6, 6.07) is 14.3. The van der Waals surface area contributed by atoms with Crippen molar-refractivity contribution >= 4 is 11.8 Å². The monoisotopic (exact) mass is 498 g/mol. The molecule has 3 aliphatic rings. The summed E-state index contributed by atoms with van der Waals surface area (Å²) in [5, 5.41) is 13.7. The summed E-state index contributed by atoms with van der Waals surface area (Å²) >= 11 is 0. The van der Waals surface area contributed by atoms with Gasteiger partial charge in [-0.3, -0.25) is 19.4 Å². The highest BCUT2D eigenvalue weighted by Crippen LogP contribution is 2.48. The zero-order valence-electron chi connectivity index (χ0n) is 20.7. The number of aliphatic hydroxyl groups excluding tert-OH is 1. The number of pyridine rings is 2. The number of fused-ring (bicyclic) bond motifs is 5. The molecule has 0 radical (unpaired) electrons. The Balaban J connectivity index is 1.38. The molecule has 0 saturated carbocycles. The Hall–Kier alpha value is -3.78. The van der Waals surface area contributed by atoms with Crippen LogP contribution in [0.3, 0.4) is 0 Å². The molecule has 4 heterocycles. The number of hydrogen-bond acceptors (Lipinski definition) is 5. The molecule has 0 unspecified atom stereocenters. The van der Waals surface area contributed by atoms with Crippen LogP contribution in [0, 0.1) is 11.8 Å². The molecule has 37 heavy (non-hydrogen) atoms. The molecule has 1 aromatic carbocycles. The van der Waals surface area contributed by atoms with Gasteiger partial charge in [-0.25, -0.2) is 0 Å². The number of aromatic nitrogens is 2. The summed E-state index contributed by atoms with van der Waals surface area (Å²) in [7, 11) is 0. The average Bonchev–Trinajstić information content (AvgIpc) is 3.43. The molecule has 190 valence electrons. The molecule has 8 heteroatoms. The lowest BCUT2D eigenvalue weighted by Gasteiger charge is -2.38. The molecular weight excluding hydrogens is 468 g/mol. The van der Waals surface area contributed by atoms with E-state index in [9.17, 15) is 19.5 Å². The topological polar surface area (TPSA) is 105 Å². The van der Waals surface area contributed by atoms with Gasteiger partial charge in [0.05, 0.1) is 18.0 Å². The van der Waals surface area contributed by atoms with Crippen LogP contribution in [-0.2, 0) is 29.0 Å². The van der Waals surface area contributed by atoms with E-state index in [0.29, 0.717) is 11.3 Å². The van der Waals surface area contributed by atoms with Gasteiger partial charge in [0.25, 0.3) is 5.56 Å². The molecule has 2 aliphatic heterocycles. The van der Waals surface area contributed by atoms with Gasteiger partial charge in [-0.2, -0.15) is 0 Å². The first-order chi connectivity index (χ1) is 18.0. The molecule has 8 nitrogen and oxygen atoms in total. The molecule has 2 N–H and O–H groups in total. The third-order valence-electron chi connectivity index (χ3n) is 8.33. The summed E-state index contributed by atoms with van der Waals surface area (Å²) < 4.78 is 1.70. The van der Waals surface area contributed by atoms with Gasteiger partial charge in [-0.1, -0.05) is 31.2 Å². The summed E-state index contributed by atoms with van der Waals surface area (Å²) in [5.41, 5.74) is 4.27. The van der Waals surface area contributed by atoms with Gasteiger partial charge in [0.2, 0.25) is 11.8 Å². The maximum atomic E-state index is 13.8. The second-order valence-electron chi connectivity index (χ2n) is 10.2. The number of nitrogens with one attached hydrogen (secondary N) is 1. The van der Waals surface area contributed by atoms with Crippen LogP contribution in [0.2, 0.25) is 0 Å². The first-order valence-corrected chi connectivity index (χ1v) is 12.9. The van der Waals surface area contributed by atoms with E-state index in [-0.39, 0.29) is 43.0 Å². The van der Waals surface area contributed by atoms with Crippen molar-refractivity contribution in [2.24, 2.45) is 11.8 Å². The summed E-state index contributed by atoms with van der Waals surface area (Å²) in [4.78, 5) is 46.4. The predicted molar refractivity (Wildman–Crippen MR) is 137 cm³/mol. The third kappa shape index (κ3) is 3.78. The van der Waals surface area contributed by atoms with Crippen LogP contribution in [-0.4, -0.2) is 50.1 Å². The molecule has 2 bridgehead atoms. The zero-order chi connectivity index (χ0) is 25.7. The highest BCUT2D eigenvalue weighted by molar-refractivity contribution is 5.84. The fraction of sp³-hybridized carbons (Fsp3) is 0.379. The second-order valence-corrected chi connectivity index (χ2v) is 10.2. The van der Waals surface area contributed by atoms with E-state index in [4.69, 9.17) is 0 Å². The van der Waals surface area contributed by atoms with Crippen LogP contribution in [0.15, 0.2) is 65.7 Å². The van der Waals surface area contributed by atoms with Gasteiger partial charge >= 0.3 is 0 Å². The molecule has 1 aliphatic carbocycles. The number of hydrogen-bond donors (Lipinski definition) is 2. The first kappa shape index (κ1) is 23.6. The van der Waals surface area contributed by atoms with Gasteiger partial charge in [-0.15, -0.1) is 0 Å². The van der Waals surface area contributed by atoms with E-state index in [0.717, 1.165) is 18.4 Å². The van der Waals surface area contributed by atoms with E-state index in [1.54, 1.807) is 47.0 Å². The van der Waals surface area contributed by atoms with Crippen molar-refractivity contribution in [1.82, 2.24) is 19.8 Å². The van der Waals surface area contributed by atoms with Crippen LogP contribution in [0.5, 0.6) is 0 Å². The van der Waals surface area contributed by atoms with Crippen molar-refractivity contribution in [2.75, 3.05) is 6.61 Å². The van der Waals surface area contributed by atoms with Crippen LogP contribution in [0.4, 0.5) is 0 Å². The van der Waals surface area contributed by atoms with Crippen molar-refractivity contribution in [3.05, 3.63) is 88.1 Å². The maximum absolute atomic E-state index is 13.8. The van der Waals surface area contributed by atoms with Gasteiger partial charge in [0.15, 0.2) is 0 Å².